The molecule has 0 spiro atoms. The molecule has 0 saturated carbocycles. The Kier molecular flexibility index (Phi) is 5.79. The molecule has 5 nitrogen and oxygen atoms in total. The molecule has 1 aromatic heterocycles. The quantitative estimate of drug-likeness (QED) is 0.849. The van der Waals surface area contributed by atoms with Gasteiger partial charge in [0.1, 0.15) is 0 Å². The van der Waals surface area contributed by atoms with E-state index >= 15 is 0 Å². The van der Waals surface area contributed by atoms with Gasteiger partial charge in [0, 0.05) is 43.7 Å². The molecule has 0 aliphatic carbocycles. The van der Waals surface area contributed by atoms with Crippen LogP contribution in [0.2, 0.25) is 0 Å². The van der Waals surface area contributed by atoms with Gasteiger partial charge in [-0.05, 0) is 37.5 Å². The molecule has 1 amide bonds. The monoisotopic (exact) mass is 339 g/mol. The van der Waals surface area contributed by atoms with Gasteiger partial charge in [-0.15, -0.1) is 0 Å². The highest BCUT2D eigenvalue weighted by atomic mass is 16.5. The zero-order valence-electron chi connectivity index (χ0n) is 14.6. The molecule has 2 aromatic rings. The van der Waals surface area contributed by atoms with Crippen LogP contribution in [0.5, 0.6) is 0 Å². The van der Waals surface area contributed by atoms with Crippen molar-refractivity contribution in [3.63, 3.8) is 0 Å². The Hall–Kier alpha value is -2.24. The molecule has 0 bridgehead atoms. The Labute approximate surface area is 148 Å². The molecule has 1 aliphatic rings. The second-order valence-electron chi connectivity index (χ2n) is 6.59. The number of benzene rings is 1. The first-order valence-corrected chi connectivity index (χ1v) is 8.77. The van der Waals surface area contributed by atoms with E-state index in [1.807, 2.05) is 18.2 Å². The third kappa shape index (κ3) is 4.65. The predicted octanol–water partition coefficient (Wildman–Crippen LogP) is 2.71. The topological polar surface area (TPSA) is 63.2 Å². The van der Waals surface area contributed by atoms with Crippen molar-refractivity contribution < 1.29 is 9.53 Å². The van der Waals surface area contributed by atoms with Gasteiger partial charge in [0.05, 0.1) is 5.56 Å². The van der Waals surface area contributed by atoms with Crippen LogP contribution in [0.3, 0.4) is 0 Å². The maximum Gasteiger partial charge on any atom is 0.252 e. The molecular formula is C20H25N3O2. The van der Waals surface area contributed by atoms with Crippen LogP contribution in [0.4, 0.5) is 0 Å². The lowest BCUT2D eigenvalue weighted by Crippen LogP contribution is -2.57. The SMILES string of the molecule is C[C@H](NC1(CNC(=O)c2cccnc2)CCOCC1)c1ccccc1. The second-order valence-corrected chi connectivity index (χ2v) is 6.59. The minimum absolute atomic E-state index is 0.0897. The van der Waals surface area contributed by atoms with Crippen molar-refractivity contribution in [3.05, 3.63) is 66.0 Å². The van der Waals surface area contributed by atoms with Gasteiger partial charge in [-0.1, -0.05) is 30.3 Å². The third-order valence-corrected chi connectivity index (χ3v) is 4.78. The summed E-state index contributed by atoms with van der Waals surface area (Å²) in [5.74, 6) is -0.0897. The number of carbonyl (C=O) groups excluding carboxylic acids is 1. The van der Waals surface area contributed by atoms with Crippen LogP contribution in [0, 0.1) is 0 Å². The van der Waals surface area contributed by atoms with E-state index in [1.54, 1.807) is 24.5 Å². The summed E-state index contributed by atoms with van der Waals surface area (Å²) in [4.78, 5) is 16.4. The molecule has 0 radical (unpaired) electrons. The Morgan fingerprint density at radius 1 is 1.20 bits per heavy atom. The summed E-state index contributed by atoms with van der Waals surface area (Å²) < 4.78 is 5.54. The van der Waals surface area contributed by atoms with Gasteiger partial charge in [-0.3, -0.25) is 9.78 Å². The minimum Gasteiger partial charge on any atom is -0.381 e. The number of nitrogens with zero attached hydrogens (tertiary/aromatic N) is 1. The highest BCUT2D eigenvalue weighted by Gasteiger charge is 2.34. The van der Waals surface area contributed by atoms with E-state index in [1.165, 1.54) is 5.56 Å². The molecule has 5 heteroatoms. The fourth-order valence-electron chi connectivity index (χ4n) is 3.27. The Morgan fingerprint density at radius 2 is 1.96 bits per heavy atom. The number of aromatic nitrogens is 1. The molecule has 2 heterocycles. The van der Waals surface area contributed by atoms with Crippen LogP contribution in [0.25, 0.3) is 0 Å². The van der Waals surface area contributed by atoms with Crippen LogP contribution in [-0.4, -0.2) is 36.2 Å². The van der Waals surface area contributed by atoms with Crippen molar-refractivity contribution in [2.75, 3.05) is 19.8 Å². The highest BCUT2D eigenvalue weighted by Crippen LogP contribution is 2.25. The zero-order valence-corrected chi connectivity index (χ0v) is 14.6. The van der Waals surface area contributed by atoms with Crippen molar-refractivity contribution in [2.45, 2.75) is 31.3 Å². The lowest BCUT2D eigenvalue weighted by molar-refractivity contribution is 0.0332. The van der Waals surface area contributed by atoms with Gasteiger partial charge in [0.2, 0.25) is 0 Å². The lowest BCUT2D eigenvalue weighted by Gasteiger charge is -2.40. The molecule has 1 aliphatic heterocycles. The number of hydrogen-bond donors (Lipinski definition) is 2. The fourth-order valence-corrected chi connectivity index (χ4v) is 3.27. The third-order valence-electron chi connectivity index (χ3n) is 4.78. The summed E-state index contributed by atoms with van der Waals surface area (Å²) in [6.07, 6.45) is 5.00. The van der Waals surface area contributed by atoms with Crippen LogP contribution in [0.15, 0.2) is 54.9 Å². The van der Waals surface area contributed by atoms with Crippen LogP contribution < -0.4 is 10.6 Å². The number of hydrogen-bond acceptors (Lipinski definition) is 4. The number of pyridine rings is 1. The molecule has 25 heavy (non-hydrogen) atoms. The number of nitrogens with one attached hydrogen (secondary N) is 2. The molecule has 1 aromatic carbocycles. The van der Waals surface area contributed by atoms with E-state index in [0.29, 0.717) is 25.3 Å². The molecule has 132 valence electrons. The number of rotatable bonds is 6. The highest BCUT2D eigenvalue weighted by molar-refractivity contribution is 5.93. The van der Waals surface area contributed by atoms with Crippen molar-refractivity contribution in [2.24, 2.45) is 0 Å². The molecule has 1 fully saturated rings. The largest absolute Gasteiger partial charge is 0.381 e. The summed E-state index contributed by atoms with van der Waals surface area (Å²) in [5.41, 5.74) is 1.67. The number of ether oxygens (including phenoxy) is 1. The Morgan fingerprint density at radius 3 is 2.64 bits per heavy atom. The van der Waals surface area contributed by atoms with E-state index in [0.717, 1.165) is 12.8 Å². The lowest BCUT2D eigenvalue weighted by atomic mass is 9.88. The van der Waals surface area contributed by atoms with Crippen LogP contribution in [-0.2, 0) is 4.74 Å². The van der Waals surface area contributed by atoms with E-state index in [2.05, 4.69) is 34.7 Å². The van der Waals surface area contributed by atoms with Gasteiger partial charge in [-0.2, -0.15) is 0 Å². The summed E-state index contributed by atoms with van der Waals surface area (Å²) in [6, 6.07) is 14.1. The summed E-state index contributed by atoms with van der Waals surface area (Å²) in [6.45, 7) is 4.14. The normalized spacial score (nSPS) is 17.6. The van der Waals surface area contributed by atoms with Gasteiger partial charge < -0.3 is 15.4 Å². The van der Waals surface area contributed by atoms with Gasteiger partial charge in [0.25, 0.3) is 5.91 Å². The second kappa shape index (κ2) is 8.23. The molecule has 2 N–H and O–H groups in total. The smallest absolute Gasteiger partial charge is 0.252 e. The molecule has 0 unspecified atom stereocenters. The number of amides is 1. The predicted molar refractivity (Wildman–Crippen MR) is 97.3 cm³/mol. The molecule has 1 atom stereocenters. The average molecular weight is 339 g/mol. The summed E-state index contributed by atoms with van der Waals surface area (Å²) in [5, 5.41) is 6.81. The Bertz CT molecular complexity index is 670. The van der Waals surface area contributed by atoms with Gasteiger partial charge in [0.15, 0.2) is 0 Å². The standard InChI is InChI=1S/C20H25N3O2/c1-16(17-6-3-2-4-7-17)23-20(9-12-25-13-10-20)15-22-19(24)18-8-5-11-21-14-18/h2-8,11,14,16,23H,9-10,12-13,15H2,1H3,(H,22,24)/t16-/m0/s1. The van der Waals surface area contributed by atoms with E-state index < -0.39 is 0 Å². The molecule has 1 saturated heterocycles. The average Bonchev–Trinajstić information content (AvgIpc) is 2.68. The first-order chi connectivity index (χ1) is 12.2. The molecular weight excluding hydrogens is 314 g/mol. The first kappa shape index (κ1) is 17.6. The van der Waals surface area contributed by atoms with Gasteiger partial charge in [-0.25, -0.2) is 0 Å². The Balaban J connectivity index is 1.67. The fraction of sp³-hybridized carbons (Fsp3) is 0.400. The van der Waals surface area contributed by atoms with Crippen LogP contribution >= 0.6 is 0 Å². The van der Waals surface area contributed by atoms with Crippen LogP contribution in [0.1, 0.15) is 41.7 Å². The van der Waals surface area contributed by atoms with Crippen molar-refractivity contribution >= 4 is 5.91 Å². The van der Waals surface area contributed by atoms with E-state index in [9.17, 15) is 4.79 Å². The summed E-state index contributed by atoms with van der Waals surface area (Å²) >= 11 is 0. The zero-order chi connectivity index (χ0) is 17.5. The maximum absolute atomic E-state index is 12.4. The first-order valence-electron chi connectivity index (χ1n) is 8.77. The number of carbonyl (C=O) groups is 1. The summed E-state index contributed by atoms with van der Waals surface area (Å²) in [7, 11) is 0. The van der Waals surface area contributed by atoms with Gasteiger partial charge >= 0.3 is 0 Å². The van der Waals surface area contributed by atoms with E-state index in [-0.39, 0.29) is 17.5 Å². The van der Waals surface area contributed by atoms with E-state index in [4.69, 9.17) is 4.74 Å². The van der Waals surface area contributed by atoms with Crippen molar-refractivity contribution in [1.82, 2.24) is 15.6 Å². The minimum atomic E-state index is -0.161. The van der Waals surface area contributed by atoms with Crippen molar-refractivity contribution in [3.8, 4) is 0 Å². The molecule has 3 rings (SSSR count). The maximum atomic E-state index is 12.4. The van der Waals surface area contributed by atoms with Crippen molar-refractivity contribution in [1.29, 1.82) is 0 Å².